The summed E-state index contributed by atoms with van der Waals surface area (Å²) in [7, 11) is 0. The van der Waals surface area contributed by atoms with Crippen LogP contribution in [-0.4, -0.2) is 22.6 Å². The third kappa shape index (κ3) is 2.59. The Morgan fingerprint density at radius 2 is 2.47 bits per heavy atom. The van der Waals surface area contributed by atoms with Crippen molar-refractivity contribution in [1.29, 1.82) is 0 Å². The van der Waals surface area contributed by atoms with Gasteiger partial charge in [-0.1, -0.05) is 13.8 Å². The van der Waals surface area contributed by atoms with E-state index in [1.54, 1.807) is 0 Å². The van der Waals surface area contributed by atoms with Crippen LogP contribution in [0.15, 0.2) is 12.4 Å². The summed E-state index contributed by atoms with van der Waals surface area (Å²) in [5, 5.41) is 3.41. The predicted molar refractivity (Wildman–Crippen MR) is 61.9 cm³/mol. The van der Waals surface area contributed by atoms with Crippen LogP contribution in [0.1, 0.15) is 38.4 Å². The second kappa shape index (κ2) is 4.79. The van der Waals surface area contributed by atoms with Gasteiger partial charge in [-0.25, -0.2) is 4.98 Å². The highest BCUT2D eigenvalue weighted by Gasteiger charge is 2.15. The van der Waals surface area contributed by atoms with E-state index in [-0.39, 0.29) is 0 Å². The molecule has 0 bridgehead atoms. The molecule has 1 aromatic rings. The van der Waals surface area contributed by atoms with Gasteiger partial charge in [0.1, 0.15) is 5.82 Å². The summed E-state index contributed by atoms with van der Waals surface area (Å²) in [5.41, 5.74) is 0. The molecule has 0 aliphatic carbocycles. The van der Waals surface area contributed by atoms with Crippen LogP contribution in [0.25, 0.3) is 0 Å². The molecular formula is C12H21N3. The molecule has 0 amide bonds. The molecule has 1 fully saturated rings. The monoisotopic (exact) mass is 207 g/mol. The van der Waals surface area contributed by atoms with E-state index in [0.717, 1.165) is 12.5 Å². The minimum absolute atomic E-state index is 0.529. The van der Waals surface area contributed by atoms with E-state index in [4.69, 9.17) is 0 Å². The van der Waals surface area contributed by atoms with E-state index in [0.29, 0.717) is 5.92 Å². The van der Waals surface area contributed by atoms with Crippen molar-refractivity contribution in [2.24, 2.45) is 5.92 Å². The third-order valence-electron chi connectivity index (χ3n) is 3.20. The highest BCUT2D eigenvalue weighted by atomic mass is 15.1. The first kappa shape index (κ1) is 10.7. The molecule has 1 aliphatic heterocycles. The zero-order valence-corrected chi connectivity index (χ0v) is 9.74. The number of nitrogens with one attached hydrogen (secondary N) is 1. The van der Waals surface area contributed by atoms with Crippen LogP contribution >= 0.6 is 0 Å². The first-order valence-corrected chi connectivity index (χ1v) is 5.99. The number of aryl methyl sites for hydroxylation is 1. The van der Waals surface area contributed by atoms with Crippen LogP contribution in [0.5, 0.6) is 0 Å². The Balaban J connectivity index is 1.89. The Labute approximate surface area is 91.9 Å². The molecule has 1 aliphatic rings. The Bertz CT molecular complexity index is 298. The molecule has 3 nitrogen and oxygen atoms in total. The molecule has 0 aromatic carbocycles. The van der Waals surface area contributed by atoms with Gasteiger partial charge in [0, 0.05) is 24.9 Å². The fourth-order valence-electron chi connectivity index (χ4n) is 2.29. The fourth-order valence-corrected chi connectivity index (χ4v) is 2.29. The molecule has 2 heterocycles. The molecule has 15 heavy (non-hydrogen) atoms. The summed E-state index contributed by atoms with van der Waals surface area (Å²) in [4.78, 5) is 4.41. The van der Waals surface area contributed by atoms with Crippen LogP contribution in [0.2, 0.25) is 0 Å². The van der Waals surface area contributed by atoms with E-state index in [9.17, 15) is 0 Å². The minimum atomic E-state index is 0.529. The SMILES string of the molecule is CC(C)c1nccn1CCC1CCNC1. The number of hydrogen-bond acceptors (Lipinski definition) is 2. The van der Waals surface area contributed by atoms with Crippen LogP contribution in [0.3, 0.4) is 0 Å². The second-order valence-electron chi connectivity index (χ2n) is 4.78. The van der Waals surface area contributed by atoms with Crippen molar-refractivity contribution in [3.05, 3.63) is 18.2 Å². The average Bonchev–Trinajstić information content (AvgIpc) is 2.86. The van der Waals surface area contributed by atoms with Crippen LogP contribution in [0.4, 0.5) is 0 Å². The molecular weight excluding hydrogens is 186 g/mol. The maximum atomic E-state index is 4.41. The molecule has 84 valence electrons. The number of aromatic nitrogens is 2. The molecule has 1 saturated heterocycles. The summed E-state index contributed by atoms with van der Waals surface area (Å²) in [6, 6.07) is 0. The Morgan fingerprint density at radius 1 is 1.60 bits per heavy atom. The van der Waals surface area contributed by atoms with E-state index in [2.05, 4.69) is 34.9 Å². The van der Waals surface area contributed by atoms with Crippen LogP contribution in [-0.2, 0) is 6.54 Å². The zero-order valence-electron chi connectivity index (χ0n) is 9.74. The molecule has 2 rings (SSSR count). The van der Waals surface area contributed by atoms with E-state index in [1.807, 2.05) is 6.20 Å². The maximum Gasteiger partial charge on any atom is 0.111 e. The second-order valence-corrected chi connectivity index (χ2v) is 4.78. The molecule has 1 unspecified atom stereocenters. The summed E-state index contributed by atoms with van der Waals surface area (Å²) in [5.74, 6) is 2.62. The maximum absolute atomic E-state index is 4.41. The average molecular weight is 207 g/mol. The topological polar surface area (TPSA) is 29.9 Å². The normalized spacial score (nSPS) is 21.4. The van der Waals surface area contributed by atoms with Crippen molar-refractivity contribution in [3.63, 3.8) is 0 Å². The fraction of sp³-hybridized carbons (Fsp3) is 0.750. The van der Waals surface area contributed by atoms with Crippen LogP contribution < -0.4 is 5.32 Å². The van der Waals surface area contributed by atoms with Gasteiger partial charge in [-0.05, 0) is 31.8 Å². The molecule has 0 spiro atoms. The third-order valence-corrected chi connectivity index (χ3v) is 3.20. The molecule has 3 heteroatoms. The number of rotatable bonds is 4. The first-order chi connectivity index (χ1) is 7.27. The van der Waals surface area contributed by atoms with Gasteiger partial charge in [0.05, 0.1) is 0 Å². The lowest BCUT2D eigenvalue weighted by atomic mass is 10.1. The molecule has 1 atom stereocenters. The summed E-state index contributed by atoms with van der Waals surface area (Å²) in [6.45, 7) is 7.93. The van der Waals surface area contributed by atoms with Gasteiger partial charge in [0.2, 0.25) is 0 Å². The summed E-state index contributed by atoms with van der Waals surface area (Å²) < 4.78 is 2.31. The highest BCUT2D eigenvalue weighted by Crippen LogP contribution is 2.16. The molecule has 1 aromatic heterocycles. The van der Waals surface area contributed by atoms with Gasteiger partial charge in [0.15, 0.2) is 0 Å². The van der Waals surface area contributed by atoms with Crippen molar-refractivity contribution in [2.45, 2.75) is 39.2 Å². The van der Waals surface area contributed by atoms with Crippen molar-refractivity contribution in [2.75, 3.05) is 13.1 Å². The van der Waals surface area contributed by atoms with Crippen molar-refractivity contribution >= 4 is 0 Å². The van der Waals surface area contributed by atoms with Crippen LogP contribution in [0, 0.1) is 5.92 Å². The number of nitrogens with zero attached hydrogens (tertiary/aromatic N) is 2. The summed E-state index contributed by atoms with van der Waals surface area (Å²) in [6.07, 6.45) is 6.65. The number of hydrogen-bond donors (Lipinski definition) is 1. The lowest BCUT2D eigenvalue weighted by molar-refractivity contribution is 0.468. The molecule has 0 radical (unpaired) electrons. The summed E-state index contributed by atoms with van der Waals surface area (Å²) >= 11 is 0. The zero-order chi connectivity index (χ0) is 10.7. The predicted octanol–water partition coefficient (Wildman–Crippen LogP) is 2.01. The standard InChI is InChI=1S/C12H21N3/c1-10(2)12-14-6-8-15(12)7-4-11-3-5-13-9-11/h6,8,10-11,13H,3-5,7,9H2,1-2H3. The van der Waals surface area contributed by atoms with Gasteiger partial charge in [-0.3, -0.25) is 0 Å². The molecule has 0 saturated carbocycles. The largest absolute Gasteiger partial charge is 0.335 e. The Hall–Kier alpha value is -0.830. The van der Waals surface area contributed by atoms with E-state index < -0.39 is 0 Å². The van der Waals surface area contributed by atoms with Gasteiger partial charge in [0.25, 0.3) is 0 Å². The van der Waals surface area contributed by atoms with Crippen molar-refractivity contribution < 1.29 is 0 Å². The first-order valence-electron chi connectivity index (χ1n) is 5.99. The quantitative estimate of drug-likeness (QED) is 0.818. The lowest BCUT2D eigenvalue weighted by Crippen LogP contribution is -2.12. The Morgan fingerprint density at radius 3 is 3.13 bits per heavy atom. The highest BCUT2D eigenvalue weighted by molar-refractivity contribution is 4.97. The van der Waals surface area contributed by atoms with E-state index in [1.165, 1.54) is 31.8 Å². The minimum Gasteiger partial charge on any atom is -0.335 e. The van der Waals surface area contributed by atoms with Crippen molar-refractivity contribution in [1.82, 2.24) is 14.9 Å². The van der Waals surface area contributed by atoms with Gasteiger partial charge >= 0.3 is 0 Å². The van der Waals surface area contributed by atoms with Gasteiger partial charge in [-0.15, -0.1) is 0 Å². The van der Waals surface area contributed by atoms with Gasteiger partial charge < -0.3 is 9.88 Å². The lowest BCUT2D eigenvalue weighted by Gasteiger charge is -2.12. The molecule has 1 N–H and O–H groups in total. The smallest absolute Gasteiger partial charge is 0.111 e. The van der Waals surface area contributed by atoms with E-state index >= 15 is 0 Å². The number of imidazole rings is 1. The van der Waals surface area contributed by atoms with Gasteiger partial charge in [-0.2, -0.15) is 0 Å². The van der Waals surface area contributed by atoms with Crippen molar-refractivity contribution in [3.8, 4) is 0 Å². The Kier molecular flexibility index (Phi) is 3.41.